The van der Waals surface area contributed by atoms with E-state index in [0.717, 1.165) is 11.0 Å². The average molecular weight is 358 g/mol. The molecule has 0 saturated carbocycles. The Balaban J connectivity index is 2.01. The first-order chi connectivity index (χ1) is 12.0. The highest BCUT2D eigenvalue weighted by molar-refractivity contribution is 6.31. The largest absolute Gasteiger partial charge is 0.386 e. The van der Waals surface area contributed by atoms with Gasteiger partial charge in [0.2, 0.25) is 5.91 Å². The fourth-order valence-electron chi connectivity index (χ4n) is 3.00. The summed E-state index contributed by atoms with van der Waals surface area (Å²) in [5, 5.41) is 14.1. The smallest absolute Gasteiger partial charge is 0.217 e. The Morgan fingerprint density at radius 2 is 1.92 bits per heavy atom. The molecule has 0 aliphatic heterocycles. The van der Waals surface area contributed by atoms with Crippen molar-refractivity contribution in [3.05, 3.63) is 64.9 Å². The van der Waals surface area contributed by atoms with Crippen LogP contribution in [-0.2, 0) is 11.3 Å². The van der Waals surface area contributed by atoms with Gasteiger partial charge >= 0.3 is 0 Å². The van der Waals surface area contributed by atoms with Gasteiger partial charge in [0.25, 0.3) is 0 Å². The summed E-state index contributed by atoms with van der Waals surface area (Å²) in [6.45, 7) is 3.65. The van der Waals surface area contributed by atoms with Crippen LogP contribution in [0.1, 0.15) is 37.4 Å². The van der Waals surface area contributed by atoms with Crippen LogP contribution < -0.4 is 5.32 Å². The number of nitrogens with zero attached hydrogens (tertiary/aromatic N) is 2. The molecule has 2 N–H and O–H groups in total. The summed E-state index contributed by atoms with van der Waals surface area (Å²) in [5.74, 6) is 0.570. The Morgan fingerprint density at radius 1 is 1.24 bits per heavy atom. The molecule has 6 heteroatoms. The van der Waals surface area contributed by atoms with Crippen molar-refractivity contribution in [3.63, 3.8) is 0 Å². The monoisotopic (exact) mass is 357 g/mol. The zero-order valence-corrected chi connectivity index (χ0v) is 14.9. The maximum Gasteiger partial charge on any atom is 0.217 e. The zero-order valence-electron chi connectivity index (χ0n) is 14.1. The number of aromatic nitrogens is 2. The molecule has 2 aromatic carbocycles. The van der Waals surface area contributed by atoms with Crippen molar-refractivity contribution < 1.29 is 9.90 Å². The van der Waals surface area contributed by atoms with Crippen molar-refractivity contribution in [1.82, 2.24) is 14.9 Å². The van der Waals surface area contributed by atoms with E-state index >= 15 is 0 Å². The van der Waals surface area contributed by atoms with Gasteiger partial charge in [-0.3, -0.25) is 4.79 Å². The minimum Gasteiger partial charge on any atom is -0.386 e. The minimum absolute atomic E-state index is 0.127. The quantitative estimate of drug-likeness (QED) is 0.732. The predicted molar refractivity (Wildman–Crippen MR) is 98.4 cm³/mol. The molecular weight excluding hydrogens is 338 g/mol. The number of benzene rings is 2. The number of halogens is 1. The Bertz CT molecular complexity index is 907. The van der Waals surface area contributed by atoms with Gasteiger partial charge < -0.3 is 15.0 Å². The zero-order chi connectivity index (χ0) is 18.0. The molecule has 0 bridgehead atoms. The SMILES string of the molecule is CC(=O)N[C@@H](C)c1nc2ccccc2n1C[C@@H](O)c1ccccc1Cl. The summed E-state index contributed by atoms with van der Waals surface area (Å²) >= 11 is 6.21. The van der Waals surface area contributed by atoms with Crippen LogP contribution in [0.5, 0.6) is 0 Å². The van der Waals surface area contributed by atoms with Crippen LogP contribution in [0, 0.1) is 0 Å². The molecule has 0 saturated heterocycles. The normalized spacial score (nSPS) is 13.6. The molecule has 3 aromatic rings. The van der Waals surface area contributed by atoms with Crippen LogP contribution in [0.15, 0.2) is 48.5 Å². The molecule has 130 valence electrons. The number of carbonyl (C=O) groups excluding carboxylic acids is 1. The highest BCUT2D eigenvalue weighted by Crippen LogP contribution is 2.27. The highest BCUT2D eigenvalue weighted by atomic mass is 35.5. The fourth-order valence-corrected chi connectivity index (χ4v) is 3.26. The molecular formula is C19H20ClN3O2. The lowest BCUT2D eigenvalue weighted by Crippen LogP contribution is -2.27. The van der Waals surface area contributed by atoms with Crippen molar-refractivity contribution in [3.8, 4) is 0 Å². The molecule has 3 rings (SSSR count). The van der Waals surface area contributed by atoms with Gasteiger partial charge in [-0.25, -0.2) is 4.98 Å². The van der Waals surface area contributed by atoms with E-state index < -0.39 is 6.10 Å². The third-order valence-corrected chi connectivity index (χ3v) is 4.46. The lowest BCUT2D eigenvalue weighted by atomic mass is 10.1. The van der Waals surface area contributed by atoms with Gasteiger partial charge in [0.1, 0.15) is 5.82 Å². The van der Waals surface area contributed by atoms with Crippen molar-refractivity contribution in [2.75, 3.05) is 0 Å². The number of hydrogen-bond donors (Lipinski definition) is 2. The molecule has 0 unspecified atom stereocenters. The van der Waals surface area contributed by atoms with Crippen LogP contribution in [0.25, 0.3) is 11.0 Å². The third kappa shape index (κ3) is 3.67. The first-order valence-electron chi connectivity index (χ1n) is 8.12. The summed E-state index contributed by atoms with van der Waals surface area (Å²) in [7, 11) is 0. The number of rotatable bonds is 5. The highest BCUT2D eigenvalue weighted by Gasteiger charge is 2.20. The molecule has 1 amide bonds. The topological polar surface area (TPSA) is 67.2 Å². The Hall–Kier alpha value is -2.37. The second kappa shape index (κ2) is 7.25. The van der Waals surface area contributed by atoms with E-state index in [0.29, 0.717) is 23.0 Å². The number of fused-ring (bicyclic) bond motifs is 1. The molecule has 0 fully saturated rings. The maximum atomic E-state index is 11.4. The Morgan fingerprint density at radius 3 is 2.64 bits per heavy atom. The number of hydrogen-bond acceptors (Lipinski definition) is 3. The second-order valence-electron chi connectivity index (χ2n) is 6.03. The lowest BCUT2D eigenvalue weighted by molar-refractivity contribution is -0.119. The Labute approximate surface area is 151 Å². The molecule has 0 spiro atoms. The van der Waals surface area contributed by atoms with E-state index in [-0.39, 0.29) is 11.9 Å². The van der Waals surface area contributed by atoms with E-state index in [1.807, 2.05) is 54.0 Å². The van der Waals surface area contributed by atoms with E-state index in [4.69, 9.17) is 11.6 Å². The van der Waals surface area contributed by atoms with Gasteiger partial charge in [0.05, 0.1) is 29.7 Å². The fraction of sp³-hybridized carbons (Fsp3) is 0.263. The van der Waals surface area contributed by atoms with Crippen molar-refractivity contribution in [2.45, 2.75) is 32.5 Å². The lowest BCUT2D eigenvalue weighted by Gasteiger charge is -2.19. The van der Waals surface area contributed by atoms with Gasteiger partial charge in [0.15, 0.2) is 0 Å². The van der Waals surface area contributed by atoms with Crippen LogP contribution in [0.3, 0.4) is 0 Å². The molecule has 1 heterocycles. The summed E-state index contributed by atoms with van der Waals surface area (Å²) in [5.41, 5.74) is 2.39. The van der Waals surface area contributed by atoms with E-state index in [2.05, 4.69) is 10.3 Å². The first kappa shape index (κ1) is 17.5. The maximum absolute atomic E-state index is 11.4. The van der Waals surface area contributed by atoms with Gasteiger partial charge in [-0.15, -0.1) is 0 Å². The molecule has 25 heavy (non-hydrogen) atoms. The summed E-state index contributed by atoms with van der Waals surface area (Å²) < 4.78 is 1.93. The summed E-state index contributed by atoms with van der Waals surface area (Å²) in [6, 6.07) is 14.7. The van der Waals surface area contributed by atoms with E-state index in [9.17, 15) is 9.90 Å². The van der Waals surface area contributed by atoms with Crippen LogP contribution in [0.2, 0.25) is 5.02 Å². The minimum atomic E-state index is -0.783. The van der Waals surface area contributed by atoms with Gasteiger partial charge in [0, 0.05) is 17.5 Å². The number of imidazole rings is 1. The number of aliphatic hydroxyl groups is 1. The molecule has 5 nitrogen and oxygen atoms in total. The first-order valence-corrected chi connectivity index (χ1v) is 8.50. The third-order valence-electron chi connectivity index (χ3n) is 4.11. The van der Waals surface area contributed by atoms with Crippen molar-refractivity contribution in [1.29, 1.82) is 0 Å². The van der Waals surface area contributed by atoms with Gasteiger partial charge in [-0.2, -0.15) is 0 Å². The standard InChI is InChI=1S/C19H20ClN3O2/c1-12(21-13(2)24)19-22-16-9-5-6-10-17(16)23(19)11-18(25)14-7-3-4-8-15(14)20/h3-10,12,18,25H,11H2,1-2H3,(H,21,24)/t12-,18+/m0/s1. The summed E-state index contributed by atoms with van der Waals surface area (Å²) in [4.78, 5) is 16.1. The van der Waals surface area contributed by atoms with Crippen molar-refractivity contribution >= 4 is 28.5 Å². The van der Waals surface area contributed by atoms with Crippen LogP contribution in [-0.4, -0.2) is 20.6 Å². The van der Waals surface area contributed by atoms with Gasteiger partial charge in [-0.05, 0) is 25.1 Å². The molecule has 0 radical (unpaired) electrons. The number of para-hydroxylation sites is 2. The number of amides is 1. The molecule has 0 aliphatic rings. The molecule has 0 aliphatic carbocycles. The average Bonchev–Trinajstić information content (AvgIpc) is 2.93. The van der Waals surface area contributed by atoms with Crippen LogP contribution >= 0.6 is 11.6 Å². The van der Waals surface area contributed by atoms with Crippen LogP contribution in [0.4, 0.5) is 0 Å². The van der Waals surface area contributed by atoms with Gasteiger partial charge in [-0.1, -0.05) is 41.9 Å². The number of aliphatic hydroxyl groups excluding tert-OH is 1. The predicted octanol–water partition coefficient (Wildman–Crippen LogP) is 3.62. The Kier molecular flexibility index (Phi) is 5.06. The van der Waals surface area contributed by atoms with Crippen molar-refractivity contribution in [2.24, 2.45) is 0 Å². The molecule has 2 atom stereocenters. The van der Waals surface area contributed by atoms with E-state index in [1.165, 1.54) is 6.92 Å². The molecule has 1 aromatic heterocycles. The van der Waals surface area contributed by atoms with E-state index in [1.54, 1.807) is 6.07 Å². The summed E-state index contributed by atoms with van der Waals surface area (Å²) in [6.07, 6.45) is -0.783. The number of nitrogens with one attached hydrogen (secondary N) is 1. The number of carbonyl (C=O) groups is 1. The second-order valence-corrected chi connectivity index (χ2v) is 6.44.